The zero-order chi connectivity index (χ0) is 21.5. The molecule has 162 valence electrons. The van der Waals surface area contributed by atoms with E-state index in [0.29, 0.717) is 37.4 Å². The average Bonchev–Trinajstić information content (AvgIpc) is 3.24. The normalized spacial score (nSPS) is 14.0. The molecule has 7 heteroatoms. The molecule has 1 aliphatic heterocycles. The number of benzene rings is 1. The first-order valence-corrected chi connectivity index (χ1v) is 11.3. The third-order valence-electron chi connectivity index (χ3n) is 5.44. The van der Waals surface area contributed by atoms with Gasteiger partial charge in [0.15, 0.2) is 11.5 Å². The minimum Gasteiger partial charge on any atom is -0.493 e. The Hall–Kier alpha value is -2.54. The predicted octanol–water partition coefficient (Wildman–Crippen LogP) is 3.57. The van der Waals surface area contributed by atoms with Gasteiger partial charge in [-0.15, -0.1) is 11.3 Å². The highest BCUT2D eigenvalue weighted by Crippen LogP contribution is 2.31. The highest BCUT2D eigenvalue weighted by atomic mass is 32.1. The average molecular weight is 431 g/mol. The number of ether oxygens (including phenoxy) is 2. The minimum atomic E-state index is -0.477. The van der Waals surface area contributed by atoms with Crippen molar-refractivity contribution >= 4 is 23.2 Å². The largest absolute Gasteiger partial charge is 0.493 e. The Morgan fingerprint density at radius 2 is 2.07 bits per heavy atom. The summed E-state index contributed by atoms with van der Waals surface area (Å²) < 4.78 is 10.8. The van der Waals surface area contributed by atoms with Crippen molar-refractivity contribution in [2.75, 3.05) is 20.8 Å². The van der Waals surface area contributed by atoms with Gasteiger partial charge in [0.05, 0.1) is 14.2 Å². The van der Waals surface area contributed by atoms with Crippen LogP contribution in [0, 0.1) is 0 Å². The number of thiophene rings is 1. The molecule has 0 saturated heterocycles. The molecule has 0 bridgehead atoms. The topological polar surface area (TPSA) is 67.9 Å². The van der Waals surface area contributed by atoms with Crippen LogP contribution in [-0.2, 0) is 29.0 Å². The smallest absolute Gasteiger partial charge is 0.245 e. The van der Waals surface area contributed by atoms with Crippen molar-refractivity contribution in [3.8, 4) is 11.5 Å². The number of rotatable bonds is 9. The van der Waals surface area contributed by atoms with Crippen molar-refractivity contribution in [2.24, 2.45) is 0 Å². The van der Waals surface area contributed by atoms with Crippen LogP contribution in [0.2, 0.25) is 0 Å². The van der Waals surface area contributed by atoms with E-state index in [1.54, 1.807) is 25.6 Å². The summed E-state index contributed by atoms with van der Waals surface area (Å²) in [7, 11) is 3.18. The maximum Gasteiger partial charge on any atom is 0.245 e. The molecule has 0 fully saturated rings. The second kappa shape index (κ2) is 10.5. The number of carbonyl (C=O) groups is 2. The predicted molar refractivity (Wildman–Crippen MR) is 118 cm³/mol. The van der Waals surface area contributed by atoms with Crippen LogP contribution in [0.3, 0.4) is 0 Å². The number of nitrogens with zero attached hydrogens (tertiary/aromatic N) is 1. The standard InChI is InChI=1S/C23H30N2O4S/c1-4-6-18(23(27)25-13-11-20-17(15-25)12-14-30-20)24-21(26)10-9-16-7-5-8-19(28-2)22(16)29-3/h5,7-8,12,14,18H,4,6,9-11,13,15H2,1-3H3,(H,24,26). The fourth-order valence-corrected chi connectivity index (χ4v) is 4.76. The summed E-state index contributed by atoms with van der Waals surface area (Å²) in [5, 5.41) is 5.05. The Morgan fingerprint density at radius 1 is 1.23 bits per heavy atom. The van der Waals surface area contributed by atoms with E-state index >= 15 is 0 Å². The van der Waals surface area contributed by atoms with Gasteiger partial charge in [-0.25, -0.2) is 0 Å². The quantitative estimate of drug-likeness (QED) is 0.660. The maximum absolute atomic E-state index is 13.1. The van der Waals surface area contributed by atoms with Crippen molar-refractivity contribution in [1.82, 2.24) is 10.2 Å². The van der Waals surface area contributed by atoms with Gasteiger partial charge in [-0.1, -0.05) is 25.5 Å². The number of aryl methyl sites for hydroxylation is 1. The second-order valence-electron chi connectivity index (χ2n) is 7.44. The van der Waals surface area contributed by atoms with Gasteiger partial charge in [0.2, 0.25) is 11.8 Å². The fourth-order valence-electron chi connectivity index (χ4n) is 3.87. The second-order valence-corrected chi connectivity index (χ2v) is 8.44. The highest BCUT2D eigenvalue weighted by Gasteiger charge is 2.28. The van der Waals surface area contributed by atoms with Gasteiger partial charge in [-0.05, 0) is 47.9 Å². The van der Waals surface area contributed by atoms with E-state index in [4.69, 9.17) is 9.47 Å². The van der Waals surface area contributed by atoms with Crippen molar-refractivity contribution in [2.45, 2.75) is 51.6 Å². The monoisotopic (exact) mass is 430 g/mol. The number of fused-ring (bicyclic) bond motifs is 1. The summed E-state index contributed by atoms with van der Waals surface area (Å²) in [5.74, 6) is 1.18. The lowest BCUT2D eigenvalue weighted by molar-refractivity contribution is -0.137. The van der Waals surface area contributed by atoms with Crippen molar-refractivity contribution in [3.63, 3.8) is 0 Å². The van der Waals surface area contributed by atoms with Crippen LogP contribution < -0.4 is 14.8 Å². The summed E-state index contributed by atoms with van der Waals surface area (Å²) >= 11 is 1.75. The lowest BCUT2D eigenvalue weighted by Gasteiger charge is -2.31. The van der Waals surface area contributed by atoms with E-state index in [2.05, 4.69) is 16.8 Å². The van der Waals surface area contributed by atoms with E-state index in [-0.39, 0.29) is 18.2 Å². The van der Waals surface area contributed by atoms with Gasteiger partial charge in [0.25, 0.3) is 0 Å². The molecule has 0 radical (unpaired) electrons. The number of amides is 2. The van der Waals surface area contributed by atoms with Crippen LogP contribution >= 0.6 is 11.3 Å². The molecule has 2 amide bonds. The third kappa shape index (κ3) is 5.14. The van der Waals surface area contributed by atoms with Gasteiger partial charge in [-0.3, -0.25) is 9.59 Å². The molecule has 6 nitrogen and oxygen atoms in total. The van der Waals surface area contributed by atoms with Crippen LogP contribution in [0.15, 0.2) is 29.6 Å². The molecule has 1 aromatic heterocycles. The van der Waals surface area contributed by atoms with Gasteiger partial charge in [0, 0.05) is 24.4 Å². The molecule has 0 spiro atoms. The van der Waals surface area contributed by atoms with Crippen LogP contribution in [0.5, 0.6) is 11.5 Å². The van der Waals surface area contributed by atoms with Crippen LogP contribution in [0.4, 0.5) is 0 Å². The molecule has 1 aliphatic rings. The Labute approximate surface area is 182 Å². The van der Waals surface area contributed by atoms with Crippen LogP contribution in [-0.4, -0.2) is 43.5 Å². The molecule has 0 aliphatic carbocycles. The van der Waals surface area contributed by atoms with E-state index in [9.17, 15) is 9.59 Å². The van der Waals surface area contributed by atoms with Gasteiger partial charge in [0.1, 0.15) is 6.04 Å². The maximum atomic E-state index is 13.1. The molecule has 2 heterocycles. The van der Waals surface area contributed by atoms with Crippen LogP contribution in [0.25, 0.3) is 0 Å². The number of hydrogen-bond donors (Lipinski definition) is 1. The summed E-state index contributed by atoms with van der Waals surface area (Å²) in [6.07, 6.45) is 3.16. The fraction of sp³-hybridized carbons (Fsp3) is 0.478. The Bertz CT molecular complexity index is 880. The molecule has 1 atom stereocenters. The first-order valence-electron chi connectivity index (χ1n) is 10.4. The zero-order valence-corrected chi connectivity index (χ0v) is 18.7. The SMILES string of the molecule is CCCC(NC(=O)CCc1cccc(OC)c1OC)C(=O)N1CCc2sccc2C1. The van der Waals surface area contributed by atoms with Gasteiger partial charge >= 0.3 is 0 Å². The molecule has 2 aromatic rings. The van der Waals surface area contributed by atoms with Crippen molar-refractivity contribution in [3.05, 3.63) is 45.6 Å². The zero-order valence-electron chi connectivity index (χ0n) is 17.9. The first-order chi connectivity index (χ1) is 14.6. The van der Waals surface area contributed by atoms with Gasteiger partial charge in [-0.2, -0.15) is 0 Å². The first kappa shape index (κ1) is 22.2. The number of methoxy groups -OCH3 is 2. The van der Waals surface area contributed by atoms with Crippen molar-refractivity contribution < 1.29 is 19.1 Å². The molecular formula is C23H30N2O4S. The summed E-state index contributed by atoms with van der Waals surface area (Å²) in [5.41, 5.74) is 2.14. The molecule has 0 saturated carbocycles. The van der Waals surface area contributed by atoms with E-state index in [1.807, 2.05) is 30.0 Å². The van der Waals surface area contributed by atoms with Crippen LogP contribution in [0.1, 0.15) is 42.2 Å². The number of para-hydroxylation sites is 1. The Morgan fingerprint density at radius 3 is 2.80 bits per heavy atom. The summed E-state index contributed by atoms with van der Waals surface area (Å²) in [6, 6.07) is 7.25. The van der Waals surface area contributed by atoms with Gasteiger partial charge < -0.3 is 19.7 Å². The Balaban J connectivity index is 1.60. The Kier molecular flexibility index (Phi) is 7.74. The molecule has 3 rings (SSSR count). The number of nitrogens with one attached hydrogen (secondary N) is 1. The van der Waals surface area contributed by atoms with E-state index in [0.717, 1.165) is 18.4 Å². The summed E-state index contributed by atoms with van der Waals surface area (Å²) in [4.78, 5) is 29.0. The lowest BCUT2D eigenvalue weighted by atomic mass is 10.0. The lowest BCUT2D eigenvalue weighted by Crippen LogP contribution is -2.49. The molecule has 1 N–H and O–H groups in total. The number of carbonyl (C=O) groups excluding carboxylic acids is 2. The minimum absolute atomic E-state index is 0.0148. The van der Waals surface area contributed by atoms with E-state index < -0.39 is 6.04 Å². The van der Waals surface area contributed by atoms with E-state index in [1.165, 1.54) is 10.4 Å². The van der Waals surface area contributed by atoms with Crippen molar-refractivity contribution in [1.29, 1.82) is 0 Å². The number of hydrogen-bond acceptors (Lipinski definition) is 5. The molecular weight excluding hydrogens is 400 g/mol. The highest BCUT2D eigenvalue weighted by molar-refractivity contribution is 7.10. The summed E-state index contributed by atoms with van der Waals surface area (Å²) in [6.45, 7) is 3.37. The molecule has 30 heavy (non-hydrogen) atoms. The third-order valence-corrected chi connectivity index (χ3v) is 6.46. The molecule has 1 aromatic carbocycles. The molecule has 1 unspecified atom stereocenters.